The van der Waals surface area contributed by atoms with E-state index in [4.69, 9.17) is 4.74 Å². The van der Waals surface area contributed by atoms with E-state index < -0.39 is 6.10 Å². The second kappa shape index (κ2) is 7.70. The van der Waals surface area contributed by atoms with Gasteiger partial charge in [0.1, 0.15) is 18.5 Å². The molecule has 25 heavy (non-hydrogen) atoms. The van der Waals surface area contributed by atoms with Crippen LogP contribution >= 0.6 is 0 Å². The molecule has 1 N–H and O–H groups in total. The van der Waals surface area contributed by atoms with Crippen LogP contribution < -0.4 is 0 Å². The van der Waals surface area contributed by atoms with Crippen LogP contribution in [0.1, 0.15) is 30.0 Å². The number of fused-ring (bicyclic) bond motifs is 1. The number of rotatable bonds is 5. The molecule has 1 atom stereocenters. The fourth-order valence-corrected chi connectivity index (χ4v) is 2.94. The van der Waals surface area contributed by atoms with Gasteiger partial charge in [0, 0.05) is 13.1 Å². The first-order chi connectivity index (χ1) is 12.0. The number of hydrogen-bond donors (Lipinski definition) is 1. The maximum absolute atomic E-state index is 10.3. The molecule has 1 unspecified atom stereocenters. The summed E-state index contributed by atoms with van der Waals surface area (Å²) in [6.07, 6.45) is 10.2. The molecule has 1 aromatic carbocycles. The first-order valence-electron chi connectivity index (χ1n) is 8.74. The maximum atomic E-state index is 10.3. The number of hydrogen-bond acceptors (Lipinski definition) is 4. The lowest BCUT2D eigenvalue weighted by molar-refractivity contribution is 0.0596. The van der Waals surface area contributed by atoms with Gasteiger partial charge in [-0.1, -0.05) is 23.8 Å². The zero-order valence-electron chi connectivity index (χ0n) is 15.2. The first-order valence-corrected chi connectivity index (χ1v) is 8.74. The third-order valence-corrected chi connectivity index (χ3v) is 4.57. The van der Waals surface area contributed by atoms with Gasteiger partial charge < -0.3 is 14.7 Å². The van der Waals surface area contributed by atoms with E-state index in [0.717, 1.165) is 24.4 Å². The number of nitrogens with zero attached hydrogens (tertiary/aromatic N) is 2. The summed E-state index contributed by atoms with van der Waals surface area (Å²) in [5, 5.41) is 10.3. The Balaban J connectivity index is 1.54. The molecule has 0 fully saturated rings. The van der Waals surface area contributed by atoms with E-state index in [1.54, 1.807) is 0 Å². The molecule has 1 aliphatic heterocycles. The van der Waals surface area contributed by atoms with Crippen molar-refractivity contribution >= 4 is 12.0 Å². The van der Waals surface area contributed by atoms with E-state index in [-0.39, 0.29) is 6.61 Å². The summed E-state index contributed by atoms with van der Waals surface area (Å²) in [5.74, 6) is 0.791. The summed E-state index contributed by atoms with van der Waals surface area (Å²) in [6, 6.07) is 4.31. The SMILES string of the molecule is CC1=CC=C(OCC(O)CN2C=Nc3cc(C)c(C)cc3C2)C=CC1. The minimum Gasteiger partial charge on any atom is -0.491 e. The summed E-state index contributed by atoms with van der Waals surface area (Å²) >= 11 is 0. The second-order valence-electron chi connectivity index (χ2n) is 6.89. The molecule has 0 radical (unpaired) electrons. The van der Waals surface area contributed by atoms with Crippen LogP contribution in [0.5, 0.6) is 0 Å². The molecule has 132 valence electrons. The van der Waals surface area contributed by atoms with Gasteiger partial charge >= 0.3 is 0 Å². The predicted octanol–water partition coefficient (Wildman–Crippen LogP) is 3.95. The van der Waals surface area contributed by atoms with E-state index >= 15 is 0 Å². The van der Waals surface area contributed by atoms with E-state index in [2.05, 4.69) is 50.0 Å². The summed E-state index contributed by atoms with van der Waals surface area (Å²) in [4.78, 5) is 6.55. The van der Waals surface area contributed by atoms with Crippen LogP contribution in [0.3, 0.4) is 0 Å². The molecule has 1 heterocycles. The van der Waals surface area contributed by atoms with Gasteiger partial charge in [-0.05, 0) is 62.1 Å². The van der Waals surface area contributed by atoms with E-state index in [9.17, 15) is 5.11 Å². The van der Waals surface area contributed by atoms with Crippen molar-refractivity contribution in [2.45, 2.75) is 39.8 Å². The van der Waals surface area contributed by atoms with E-state index in [0.29, 0.717) is 6.54 Å². The quantitative estimate of drug-likeness (QED) is 0.884. The Morgan fingerprint density at radius 1 is 1.20 bits per heavy atom. The lowest BCUT2D eigenvalue weighted by Gasteiger charge is -2.27. The van der Waals surface area contributed by atoms with Gasteiger partial charge in [-0.15, -0.1) is 0 Å². The first kappa shape index (κ1) is 17.5. The van der Waals surface area contributed by atoms with E-state index in [1.807, 2.05) is 23.4 Å². The van der Waals surface area contributed by atoms with Gasteiger partial charge in [-0.25, -0.2) is 4.99 Å². The minimum absolute atomic E-state index is 0.271. The molecular weight excluding hydrogens is 312 g/mol. The Labute approximate surface area is 149 Å². The number of benzene rings is 1. The van der Waals surface area contributed by atoms with Crippen LogP contribution in [0.4, 0.5) is 5.69 Å². The zero-order valence-corrected chi connectivity index (χ0v) is 15.2. The predicted molar refractivity (Wildman–Crippen MR) is 102 cm³/mol. The van der Waals surface area contributed by atoms with Crippen molar-refractivity contribution < 1.29 is 9.84 Å². The Morgan fingerprint density at radius 3 is 2.84 bits per heavy atom. The molecule has 0 saturated heterocycles. The summed E-state index contributed by atoms with van der Waals surface area (Å²) in [6.45, 7) is 7.85. The number of ether oxygens (including phenoxy) is 1. The van der Waals surface area contributed by atoms with Crippen molar-refractivity contribution in [2.75, 3.05) is 13.2 Å². The molecule has 0 spiro atoms. The van der Waals surface area contributed by atoms with Crippen molar-refractivity contribution in [1.82, 2.24) is 4.90 Å². The van der Waals surface area contributed by atoms with E-state index in [1.165, 1.54) is 22.3 Å². The van der Waals surface area contributed by atoms with Crippen LogP contribution in [0.15, 0.2) is 52.8 Å². The highest BCUT2D eigenvalue weighted by molar-refractivity contribution is 5.67. The molecule has 4 heteroatoms. The third kappa shape index (κ3) is 4.60. The van der Waals surface area contributed by atoms with Gasteiger partial charge in [0.05, 0.1) is 12.0 Å². The van der Waals surface area contributed by atoms with Crippen LogP contribution in [0, 0.1) is 13.8 Å². The molecule has 2 aliphatic rings. The number of aliphatic hydroxyl groups is 1. The maximum Gasteiger partial charge on any atom is 0.119 e. The highest BCUT2D eigenvalue weighted by Crippen LogP contribution is 2.27. The zero-order chi connectivity index (χ0) is 17.8. The lowest BCUT2D eigenvalue weighted by Crippen LogP contribution is -2.34. The largest absolute Gasteiger partial charge is 0.491 e. The van der Waals surface area contributed by atoms with Gasteiger partial charge in [0.25, 0.3) is 0 Å². The van der Waals surface area contributed by atoms with Gasteiger partial charge in [-0.2, -0.15) is 0 Å². The number of β-amino-alcohol motifs (C(OH)–C–C–N with tert-alkyl or cyclic N) is 1. The molecule has 0 amide bonds. The van der Waals surface area contributed by atoms with Crippen LogP contribution in [0.25, 0.3) is 0 Å². The summed E-state index contributed by atoms with van der Waals surface area (Å²) < 4.78 is 5.73. The van der Waals surface area contributed by atoms with Crippen molar-refractivity contribution in [3.8, 4) is 0 Å². The molecule has 1 aliphatic carbocycles. The number of aryl methyl sites for hydroxylation is 2. The second-order valence-corrected chi connectivity index (χ2v) is 6.89. The van der Waals surface area contributed by atoms with Crippen molar-refractivity contribution in [1.29, 1.82) is 0 Å². The highest BCUT2D eigenvalue weighted by Gasteiger charge is 2.16. The van der Waals surface area contributed by atoms with Gasteiger partial charge in [0.2, 0.25) is 0 Å². The van der Waals surface area contributed by atoms with Crippen molar-refractivity contribution in [2.24, 2.45) is 4.99 Å². The average molecular weight is 338 g/mol. The van der Waals surface area contributed by atoms with Crippen LogP contribution in [-0.4, -0.2) is 35.6 Å². The fraction of sp³-hybridized carbons (Fsp3) is 0.381. The molecule has 0 aromatic heterocycles. The normalized spacial score (nSPS) is 17.5. The van der Waals surface area contributed by atoms with Gasteiger partial charge in [-0.3, -0.25) is 0 Å². The Bertz CT molecular complexity index is 759. The van der Waals surface area contributed by atoms with Gasteiger partial charge in [0.15, 0.2) is 0 Å². The molecule has 1 aromatic rings. The molecule has 3 rings (SSSR count). The monoisotopic (exact) mass is 338 g/mol. The van der Waals surface area contributed by atoms with Crippen LogP contribution in [-0.2, 0) is 11.3 Å². The molecule has 4 nitrogen and oxygen atoms in total. The standard InChI is InChI=1S/C21H26N2O2/c1-15-5-4-6-20(8-7-15)25-13-19(24)12-23-11-18-9-16(2)17(3)10-21(18)22-14-23/h4,6-10,14,19,24H,5,11-13H2,1-3H3. The lowest BCUT2D eigenvalue weighted by atomic mass is 10.0. The molecule has 0 bridgehead atoms. The molecular formula is C21H26N2O2. The molecule has 0 saturated carbocycles. The Morgan fingerprint density at radius 2 is 2.00 bits per heavy atom. The Hall–Kier alpha value is -2.33. The summed E-state index contributed by atoms with van der Waals surface area (Å²) in [5.41, 5.74) is 6.06. The van der Waals surface area contributed by atoms with Crippen LogP contribution in [0.2, 0.25) is 0 Å². The smallest absolute Gasteiger partial charge is 0.119 e. The number of allylic oxidation sites excluding steroid dienone is 5. The van der Waals surface area contributed by atoms with Crippen molar-refractivity contribution in [3.05, 3.63) is 64.5 Å². The minimum atomic E-state index is -0.567. The summed E-state index contributed by atoms with van der Waals surface area (Å²) in [7, 11) is 0. The topological polar surface area (TPSA) is 45.1 Å². The Kier molecular flexibility index (Phi) is 5.39. The number of aliphatic hydroxyl groups excluding tert-OH is 1. The fourth-order valence-electron chi connectivity index (χ4n) is 2.94. The average Bonchev–Trinajstić information content (AvgIpc) is 2.79. The highest BCUT2D eigenvalue weighted by atomic mass is 16.5. The van der Waals surface area contributed by atoms with Crippen molar-refractivity contribution in [3.63, 3.8) is 0 Å². The third-order valence-electron chi connectivity index (χ3n) is 4.57. The number of aliphatic imine (C=N–C) groups is 1.